The van der Waals surface area contributed by atoms with E-state index in [0.717, 1.165) is 24.3 Å². The predicted octanol–water partition coefficient (Wildman–Crippen LogP) is 4.51. The second-order valence-corrected chi connectivity index (χ2v) is 9.72. The molecule has 0 saturated carbocycles. The third-order valence-corrected chi connectivity index (χ3v) is 7.00. The van der Waals surface area contributed by atoms with Crippen molar-refractivity contribution in [1.29, 1.82) is 0 Å². The molecular formula is C29H33N5O3. The largest absolute Gasteiger partial charge is 0.398 e. The molecule has 5 rings (SSSR count). The first-order valence-electron chi connectivity index (χ1n) is 12.6. The zero-order valence-electron chi connectivity index (χ0n) is 21.2. The van der Waals surface area contributed by atoms with Gasteiger partial charge in [0.2, 0.25) is 0 Å². The van der Waals surface area contributed by atoms with Gasteiger partial charge in [-0.2, -0.15) is 0 Å². The van der Waals surface area contributed by atoms with Crippen molar-refractivity contribution in [2.24, 2.45) is 5.73 Å². The molecule has 37 heavy (non-hydrogen) atoms. The van der Waals surface area contributed by atoms with Crippen LogP contribution in [0.5, 0.6) is 0 Å². The monoisotopic (exact) mass is 499 g/mol. The number of H-pyrrole nitrogens is 1. The van der Waals surface area contributed by atoms with Crippen molar-refractivity contribution < 1.29 is 9.47 Å². The number of aromatic nitrogens is 2. The highest BCUT2D eigenvalue weighted by Gasteiger charge is 2.29. The number of nitrogens with zero attached hydrogens (tertiary/aromatic N) is 2. The van der Waals surface area contributed by atoms with Crippen molar-refractivity contribution in [2.45, 2.75) is 38.3 Å². The Bertz CT molecular complexity index is 1350. The van der Waals surface area contributed by atoms with Crippen LogP contribution in [-0.2, 0) is 9.47 Å². The van der Waals surface area contributed by atoms with Crippen LogP contribution in [-0.4, -0.2) is 41.3 Å². The molecule has 0 bridgehead atoms. The van der Waals surface area contributed by atoms with E-state index in [4.69, 9.17) is 15.2 Å². The average Bonchev–Trinajstić information content (AvgIpc) is 2.88. The lowest BCUT2D eigenvalue weighted by Gasteiger charge is -2.33. The maximum atomic E-state index is 12.8. The number of ether oxygens (including phenoxy) is 2. The molecule has 2 aliphatic heterocycles. The SMILES string of the molecule is C=C(Nc1ccc(C2CCN(C)CC2)cc1)c1c(/C=C(\N)c2cncc(C3OC(C)O3)c2)cc[nH]c1=O. The summed E-state index contributed by atoms with van der Waals surface area (Å²) in [6.45, 7) is 8.24. The molecule has 4 N–H and O–H groups in total. The minimum Gasteiger partial charge on any atom is -0.398 e. The second kappa shape index (κ2) is 10.7. The Morgan fingerprint density at radius 3 is 2.59 bits per heavy atom. The van der Waals surface area contributed by atoms with Crippen molar-refractivity contribution in [3.8, 4) is 0 Å². The maximum absolute atomic E-state index is 12.8. The van der Waals surface area contributed by atoms with Gasteiger partial charge in [0.15, 0.2) is 12.6 Å². The van der Waals surface area contributed by atoms with E-state index in [-0.39, 0.29) is 11.8 Å². The van der Waals surface area contributed by atoms with Crippen molar-refractivity contribution in [1.82, 2.24) is 14.9 Å². The first-order valence-corrected chi connectivity index (χ1v) is 12.6. The Hall–Kier alpha value is -3.72. The lowest BCUT2D eigenvalue weighted by molar-refractivity contribution is -0.382. The van der Waals surface area contributed by atoms with Gasteiger partial charge in [0.05, 0.1) is 5.56 Å². The van der Waals surface area contributed by atoms with Crippen LogP contribution in [0.4, 0.5) is 5.69 Å². The molecule has 2 aliphatic rings. The van der Waals surface area contributed by atoms with Crippen molar-refractivity contribution >= 4 is 23.2 Å². The number of nitrogens with two attached hydrogens (primary N) is 1. The van der Waals surface area contributed by atoms with Gasteiger partial charge in [-0.15, -0.1) is 0 Å². The Morgan fingerprint density at radius 1 is 1.16 bits per heavy atom. The normalized spacial score (nSPS) is 20.9. The number of hydrogen-bond acceptors (Lipinski definition) is 7. The summed E-state index contributed by atoms with van der Waals surface area (Å²) in [5.41, 5.74) is 11.9. The van der Waals surface area contributed by atoms with E-state index >= 15 is 0 Å². The van der Waals surface area contributed by atoms with Gasteiger partial charge >= 0.3 is 0 Å². The quantitative estimate of drug-likeness (QED) is 0.439. The molecule has 8 nitrogen and oxygen atoms in total. The van der Waals surface area contributed by atoms with Crippen LogP contribution >= 0.6 is 0 Å². The van der Waals surface area contributed by atoms with E-state index in [2.05, 4.69) is 45.9 Å². The summed E-state index contributed by atoms with van der Waals surface area (Å²) in [4.78, 5) is 22.2. The first-order chi connectivity index (χ1) is 17.9. The summed E-state index contributed by atoms with van der Waals surface area (Å²) in [6, 6.07) is 12.1. The molecule has 1 aromatic carbocycles. The lowest BCUT2D eigenvalue weighted by atomic mass is 9.89. The number of nitrogens with one attached hydrogen (secondary N) is 2. The number of aromatic amines is 1. The van der Waals surface area contributed by atoms with Gasteiger partial charge in [-0.3, -0.25) is 9.78 Å². The summed E-state index contributed by atoms with van der Waals surface area (Å²) in [6.07, 6.45) is 8.38. The van der Waals surface area contributed by atoms with Crippen LogP contribution < -0.4 is 16.6 Å². The molecule has 0 amide bonds. The second-order valence-electron chi connectivity index (χ2n) is 9.72. The van der Waals surface area contributed by atoms with E-state index in [1.807, 2.05) is 25.1 Å². The summed E-state index contributed by atoms with van der Waals surface area (Å²) in [7, 11) is 2.17. The van der Waals surface area contributed by atoms with Gasteiger partial charge in [0.25, 0.3) is 5.56 Å². The number of benzene rings is 1. The molecular weight excluding hydrogens is 466 g/mol. The van der Waals surface area contributed by atoms with Crippen LogP contribution in [0, 0.1) is 0 Å². The Kier molecular flexibility index (Phi) is 7.23. The number of anilines is 1. The average molecular weight is 500 g/mol. The highest BCUT2D eigenvalue weighted by Crippen LogP contribution is 2.32. The fourth-order valence-electron chi connectivity index (χ4n) is 4.85. The minimum absolute atomic E-state index is 0.232. The number of rotatable bonds is 7. The van der Waals surface area contributed by atoms with Crippen LogP contribution in [0.1, 0.15) is 59.8 Å². The number of likely N-dealkylation sites (tertiary alicyclic amines) is 1. The van der Waals surface area contributed by atoms with Crippen LogP contribution in [0.3, 0.4) is 0 Å². The molecule has 0 spiro atoms. The Balaban J connectivity index is 1.33. The predicted molar refractivity (Wildman–Crippen MR) is 146 cm³/mol. The summed E-state index contributed by atoms with van der Waals surface area (Å²) < 4.78 is 11.1. The summed E-state index contributed by atoms with van der Waals surface area (Å²) in [5.74, 6) is 0.587. The van der Waals surface area contributed by atoms with E-state index in [0.29, 0.717) is 34.0 Å². The summed E-state index contributed by atoms with van der Waals surface area (Å²) >= 11 is 0. The number of pyridine rings is 2. The van der Waals surface area contributed by atoms with Gasteiger partial charge in [-0.25, -0.2) is 0 Å². The molecule has 2 saturated heterocycles. The Labute approximate surface area is 216 Å². The molecule has 0 aliphatic carbocycles. The third-order valence-electron chi connectivity index (χ3n) is 7.00. The van der Waals surface area contributed by atoms with Gasteiger partial charge in [-0.05, 0) is 87.3 Å². The van der Waals surface area contributed by atoms with Crippen molar-refractivity contribution in [3.63, 3.8) is 0 Å². The van der Waals surface area contributed by atoms with Gasteiger partial charge in [-0.1, -0.05) is 18.7 Å². The molecule has 3 aromatic rings. The smallest absolute Gasteiger partial charge is 0.257 e. The van der Waals surface area contributed by atoms with Gasteiger partial charge in [0, 0.05) is 46.8 Å². The molecule has 2 fully saturated rings. The van der Waals surface area contributed by atoms with Crippen molar-refractivity contribution in [3.05, 3.63) is 99.7 Å². The van der Waals surface area contributed by atoms with E-state index < -0.39 is 6.29 Å². The molecule has 192 valence electrons. The van der Waals surface area contributed by atoms with Gasteiger partial charge in [0.1, 0.15) is 0 Å². The van der Waals surface area contributed by atoms with Crippen LogP contribution in [0.2, 0.25) is 0 Å². The fourth-order valence-corrected chi connectivity index (χ4v) is 4.85. The molecule has 0 unspecified atom stereocenters. The minimum atomic E-state index is -0.444. The fraction of sp³-hybridized carbons (Fsp3) is 0.310. The molecule has 4 heterocycles. The molecule has 2 aromatic heterocycles. The number of piperidine rings is 1. The zero-order valence-corrected chi connectivity index (χ0v) is 21.2. The number of hydrogen-bond donors (Lipinski definition) is 3. The Morgan fingerprint density at radius 2 is 1.89 bits per heavy atom. The first kappa shape index (κ1) is 25.0. The summed E-state index contributed by atoms with van der Waals surface area (Å²) in [5, 5.41) is 3.29. The van der Waals surface area contributed by atoms with E-state index in [1.165, 1.54) is 18.4 Å². The van der Waals surface area contributed by atoms with Crippen LogP contribution in [0.15, 0.2) is 66.4 Å². The topological polar surface area (TPSA) is 106 Å². The molecule has 8 heteroatoms. The van der Waals surface area contributed by atoms with Crippen LogP contribution in [0.25, 0.3) is 17.5 Å². The highest BCUT2D eigenvalue weighted by atomic mass is 16.9. The standard InChI is InChI=1S/C29H33N5O3/c1-18(33-25-6-4-20(5-7-25)21-9-12-34(3)13-10-21)27-22(8-11-32-28(27)35)15-26(30)23-14-24(17-31-16-23)29-36-19(2)37-29/h4-8,11,14-17,19,21,29,33H,1,9-10,12-13,30H2,2-3H3,(H,32,35)/b26-15-. The maximum Gasteiger partial charge on any atom is 0.257 e. The zero-order chi connectivity index (χ0) is 25.9. The van der Waals surface area contributed by atoms with Gasteiger partial charge < -0.3 is 30.4 Å². The van der Waals surface area contributed by atoms with Crippen molar-refractivity contribution in [2.75, 3.05) is 25.5 Å². The highest BCUT2D eigenvalue weighted by molar-refractivity contribution is 5.86. The molecule has 0 atom stereocenters. The van der Waals surface area contributed by atoms with E-state index in [9.17, 15) is 4.79 Å². The lowest BCUT2D eigenvalue weighted by Crippen LogP contribution is -2.31. The van der Waals surface area contributed by atoms with E-state index in [1.54, 1.807) is 30.7 Å². The third kappa shape index (κ3) is 5.67. The molecule has 0 radical (unpaired) electrons.